The predicted molar refractivity (Wildman–Crippen MR) is 85.8 cm³/mol. The summed E-state index contributed by atoms with van der Waals surface area (Å²) in [6.07, 6.45) is 4.42. The molecule has 3 aliphatic rings. The molecule has 21 heavy (non-hydrogen) atoms. The molecule has 124 valence electrons. The topological polar surface area (TPSA) is 35.5 Å². The van der Waals surface area contributed by atoms with Crippen LogP contribution >= 0.6 is 0 Å². The highest BCUT2D eigenvalue weighted by Gasteiger charge is 2.64. The van der Waals surface area contributed by atoms with Crippen molar-refractivity contribution in [1.29, 1.82) is 0 Å². The summed E-state index contributed by atoms with van der Waals surface area (Å²) in [6.45, 7) is 8.99. The van der Waals surface area contributed by atoms with Gasteiger partial charge in [0, 0.05) is 5.41 Å². The van der Waals surface area contributed by atoms with Crippen LogP contribution in [0, 0.1) is 28.6 Å². The second kappa shape index (κ2) is 5.91. The lowest BCUT2D eigenvalue weighted by Crippen LogP contribution is -2.42. The third-order valence-corrected chi connectivity index (χ3v) is 6.31. The average molecular weight is 298 g/mol. The maximum Gasteiger partial charge on any atom is 0.313 e. The molecule has 0 N–H and O–H groups in total. The van der Waals surface area contributed by atoms with Gasteiger partial charge in [-0.25, -0.2) is 0 Å². The molecule has 3 heteroatoms. The van der Waals surface area contributed by atoms with Crippen LogP contribution in [0.4, 0.5) is 0 Å². The lowest BCUT2D eigenvalue weighted by molar-refractivity contribution is -0.200. The normalized spacial score (nSPS) is 40.2. The molecular weight excluding hydrogens is 264 g/mol. The predicted octanol–water partition coefficient (Wildman–Crippen LogP) is 4.65. The first kappa shape index (κ1) is 18.5. The summed E-state index contributed by atoms with van der Waals surface area (Å²) in [7, 11) is 0. The second-order valence-corrected chi connectivity index (χ2v) is 7.55. The molecule has 3 nitrogen and oxygen atoms in total. The van der Waals surface area contributed by atoms with Gasteiger partial charge in [-0.15, -0.1) is 0 Å². The van der Waals surface area contributed by atoms with Crippen LogP contribution in [0.3, 0.4) is 0 Å². The van der Waals surface area contributed by atoms with Crippen molar-refractivity contribution in [3.63, 3.8) is 0 Å². The fourth-order valence-electron chi connectivity index (χ4n) is 4.37. The molecular formula is C18H34O3. The lowest BCUT2D eigenvalue weighted by atomic mass is 9.68. The molecule has 3 rings (SSSR count). The minimum atomic E-state index is -0.407. The van der Waals surface area contributed by atoms with Gasteiger partial charge in [-0.1, -0.05) is 28.7 Å². The molecule has 3 fully saturated rings. The zero-order chi connectivity index (χ0) is 13.8. The first-order chi connectivity index (χ1) is 8.89. The molecule has 0 aromatic carbocycles. The van der Waals surface area contributed by atoms with Crippen LogP contribution in [0.2, 0.25) is 0 Å². The molecule has 0 spiro atoms. The smallest absolute Gasteiger partial charge is 0.313 e. The molecule has 5 unspecified atom stereocenters. The Labute approximate surface area is 130 Å². The quantitative estimate of drug-likeness (QED) is 0.712. The largest absolute Gasteiger partial charge is 0.435 e. The van der Waals surface area contributed by atoms with Crippen molar-refractivity contribution >= 4 is 5.97 Å². The fourth-order valence-corrected chi connectivity index (χ4v) is 4.37. The molecule has 0 aromatic rings. The molecule has 1 aliphatic heterocycles. The Balaban J connectivity index is 0.00000110. The zero-order valence-corrected chi connectivity index (χ0v) is 12.6. The third-order valence-electron chi connectivity index (χ3n) is 6.31. The van der Waals surface area contributed by atoms with Gasteiger partial charge in [-0.05, 0) is 57.3 Å². The van der Waals surface area contributed by atoms with Gasteiger partial charge in [0.25, 0.3) is 0 Å². The number of ether oxygens (including phenoxy) is 2. The van der Waals surface area contributed by atoms with E-state index in [-0.39, 0.29) is 32.5 Å². The molecule has 0 radical (unpaired) electrons. The van der Waals surface area contributed by atoms with E-state index in [9.17, 15) is 4.79 Å². The zero-order valence-electron chi connectivity index (χ0n) is 12.6. The molecule has 5 atom stereocenters. The van der Waals surface area contributed by atoms with Gasteiger partial charge in [0.2, 0.25) is 6.29 Å². The first-order valence-corrected chi connectivity index (χ1v) is 7.72. The van der Waals surface area contributed by atoms with Crippen LogP contribution in [0.15, 0.2) is 0 Å². The van der Waals surface area contributed by atoms with E-state index in [1.165, 1.54) is 19.3 Å². The lowest BCUT2D eigenvalue weighted by Gasteiger charge is -2.38. The maximum absolute atomic E-state index is 12.3. The number of esters is 1. The maximum atomic E-state index is 12.3. The van der Waals surface area contributed by atoms with Gasteiger partial charge in [-0.3, -0.25) is 4.79 Å². The van der Waals surface area contributed by atoms with Gasteiger partial charge >= 0.3 is 5.97 Å². The highest BCUT2D eigenvalue weighted by atomic mass is 16.7. The standard InChI is InChI=1S/C16H26O3.2CH4/c1-5-15(2,3)13(17)19-14-16(4)11-7-6-10(8-11)12(16)9-18-14;;/h10-12,14H,5-9H2,1-4H3;2*1H4. The van der Waals surface area contributed by atoms with Crippen LogP contribution in [-0.4, -0.2) is 18.9 Å². The molecule has 2 aliphatic carbocycles. The Bertz CT molecular complexity index is 390. The Morgan fingerprint density at radius 1 is 1.33 bits per heavy atom. The number of rotatable bonds is 3. The van der Waals surface area contributed by atoms with E-state index in [2.05, 4.69) is 6.92 Å². The van der Waals surface area contributed by atoms with Crippen molar-refractivity contribution in [3.8, 4) is 0 Å². The van der Waals surface area contributed by atoms with Gasteiger partial charge in [0.05, 0.1) is 12.0 Å². The number of carbonyl (C=O) groups excluding carboxylic acids is 1. The van der Waals surface area contributed by atoms with Crippen LogP contribution in [0.25, 0.3) is 0 Å². The molecule has 1 heterocycles. The third kappa shape index (κ3) is 2.52. The van der Waals surface area contributed by atoms with Crippen LogP contribution in [0.5, 0.6) is 0 Å². The first-order valence-electron chi connectivity index (χ1n) is 7.72. The van der Waals surface area contributed by atoms with Gasteiger partial charge in [0.15, 0.2) is 0 Å². The highest BCUT2D eigenvalue weighted by molar-refractivity contribution is 5.76. The van der Waals surface area contributed by atoms with Crippen molar-refractivity contribution in [2.75, 3.05) is 6.61 Å². The molecule has 2 bridgehead atoms. The summed E-state index contributed by atoms with van der Waals surface area (Å²) in [5.74, 6) is 1.99. The Morgan fingerprint density at radius 2 is 2.00 bits per heavy atom. The van der Waals surface area contributed by atoms with Crippen LogP contribution in [-0.2, 0) is 14.3 Å². The molecule has 0 aromatic heterocycles. The van der Waals surface area contributed by atoms with Crippen molar-refractivity contribution < 1.29 is 14.3 Å². The van der Waals surface area contributed by atoms with Crippen molar-refractivity contribution in [1.82, 2.24) is 0 Å². The molecule has 1 saturated heterocycles. The minimum Gasteiger partial charge on any atom is -0.435 e. The number of fused-ring (bicyclic) bond motifs is 5. The van der Waals surface area contributed by atoms with Gasteiger partial charge in [-0.2, -0.15) is 0 Å². The van der Waals surface area contributed by atoms with Gasteiger partial charge in [0.1, 0.15) is 0 Å². The summed E-state index contributed by atoms with van der Waals surface area (Å²) >= 11 is 0. The minimum absolute atomic E-state index is 0. The highest BCUT2D eigenvalue weighted by Crippen LogP contribution is 2.64. The van der Waals surface area contributed by atoms with Gasteiger partial charge < -0.3 is 9.47 Å². The van der Waals surface area contributed by atoms with E-state index in [4.69, 9.17) is 9.47 Å². The summed E-state index contributed by atoms with van der Waals surface area (Å²) < 4.78 is 11.6. The number of hydrogen-bond acceptors (Lipinski definition) is 3. The van der Waals surface area contributed by atoms with E-state index >= 15 is 0 Å². The number of hydrogen-bond donors (Lipinski definition) is 0. The summed E-state index contributed by atoms with van der Waals surface area (Å²) in [6, 6.07) is 0. The van der Waals surface area contributed by atoms with Crippen molar-refractivity contribution in [2.45, 2.75) is 74.5 Å². The average Bonchev–Trinajstić information content (AvgIpc) is 3.02. The Kier molecular flexibility index (Phi) is 5.20. The monoisotopic (exact) mass is 298 g/mol. The van der Waals surface area contributed by atoms with Crippen LogP contribution in [0.1, 0.15) is 68.2 Å². The Hall–Kier alpha value is -0.570. The van der Waals surface area contributed by atoms with E-state index in [1.54, 1.807) is 0 Å². The summed E-state index contributed by atoms with van der Waals surface area (Å²) in [4.78, 5) is 12.3. The summed E-state index contributed by atoms with van der Waals surface area (Å²) in [5.41, 5.74) is -0.335. The molecule has 2 saturated carbocycles. The van der Waals surface area contributed by atoms with E-state index < -0.39 is 5.41 Å². The van der Waals surface area contributed by atoms with Crippen molar-refractivity contribution in [3.05, 3.63) is 0 Å². The number of carbonyl (C=O) groups is 1. The SMILES string of the molecule is C.C.CCC(C)(C)C(=O)OC1OCC2C3CCC(C3)C12C. The van der Waals surface area contributed by atoms with Crippen molar-refractivity contribution in [2.24, 2.45) is 28.6 Å². The van der Waals surface area contributed by atoms with E-state index in [0.29, 0.717) is 11.8 Å². The fraction of sp³-hybridized carbons (Fsp3) is 0.944. The molecule has 0 amide bonds. The van der Waals surface area contributed by atoms with Crippen LogP contribution < -0.4 is 0 Å². The summed E-state index contributed by atoms with van der Waals surface area (Å²) in [5, 5.41) is 0. The Morgan fingerprint density at radius 3 is 2.62 bits per heavy atom. The van der Waals surface area contributed by atoms with E-state index in [1.807, 2.05) is 20.8 Å². The second-order valence-electron chi connectivity index (χ2n) is 7.55. The van der Waals surface area contributed by atoms with E-state index in [0.717, 1.165) is 18.9 Å².